The Morgan fingerprint density at radius 3 is 2.65 bits per heavy atom. The fraction of sp³-hybridized carbons (Fsp3) is 0.438. The lowest BCUT2D eigenvalue weighted by molar-refractivity contribution is -0.130. The number of nitrogens with zero attached hydrogens (tertiary/aromatic N) is 1. The molecule has 0 aromatic heterocycles. The van der Waals surface area contributed by atoms with Gasteiger partial charge in [0.25, 0.3) is 5.91 Å². The van der Waals surface area contributed by atoms with Crippen LogP contribution >= 0.6 is 11.6 Å². The summed E-state index contributed by atoms with van der Waals surface area (Å²) in [5, 5.41) is 5.69. The quantitative estimate of drug-likeness (QED) is 0.811. The Morgan fingerprint density at radius 2 is 2.04 bits per heavy atom. The molecule has 1 heterocycles. The molecule has 1 aliphatic rings. The molecule has 0 bridgehead atoms. The maximum absolute atomic E-state index is 12.2. The lowest BCUT2D eigenvalue weighted by Gasteiger charge is -2.15. The van der Waals surface area contributed by atoms with Crippen LogP contribution in [0.15, 0.2) is 12.1 Å². The van der Waals surface area contributed by atoms with E-state index in [-0.39, 0.29) is 12.5 Å². The zero-order valence-corrected chi connectivity index (χ0v) is 14.2. The van der Waals surface area contributed by atoms with E-state index in [1.54, 1.807) is 6.07 Å². The molecular formula is C16H20ClN3O3. The lowest BCUT2D eigenvalue weighted by atomic mass is 10.1. The van der Waals surface area contributed by atoms with Gasteiger partial charge in [0.2, 0.25) is 5.91 Å². The van der Waals surface area contributed by atoms with E-state index in [1.807, 2.05) is 26.8 Å². The number of benzene rings is 1. The number of urea groups is 1. The van der Waals surface area contributed by atoms with E-state index in [0.717, 1.165) is 22.4 Å². The molecule has 0 aliphatic carbocycles. The number of carbonyl (C=O) groups excluding carboxylic acids is 3. The van der Waals surface area contributed by atoms with E-state index in [4.69, 9.17) is 11.6 Å². The molecule has 23 heavy (non-hydrogen) atoms. The van der Waals surface area contributed by atoms with Gasteiger partial charge >= 0.3 is 6.03 Å². The van der Waals surface area contributed by atoms with Gasteiger partial charge in [0.1, 0.15) is 12.6 Å². The first-order valence-electron chi connectivity index (χ1n) is 7.52. The number of carbonyl (C=O) groups is 3. The van der Waals surface area contributed by atoms with Gasteiger partial charge in [-0.3, -0.25) is 14.5 Å². The molecule has 0 radical (unpaired) electrons. The third kappa shape index (κ3) is 3.82. The number of hydrogen-bond acceptors (Lipinski definition) is 3. The molecule has 1 aromatic rings. The van der Waals surface area contributed by atoms with Crippen LogP contribution in [0.1, 0.15) is 30.9 Å². The Bertz CT molecular complexity index is 637. The predicted molar refractivity (Wildman–Crippen MR) is 88.5 cm³/mol. The van der Waals surface area contributed by atoms with Crippen LogP contribution in [0.25, 0.3) is 0 Å². The van der Waals surface area contributed by atoms with Crippen LogP contribution in [0.4, 0.5) is 10.5 Å². The molecule has 2 rings (SSSR count). The highest BCUT2D eigenvalue weighted by Crippen LogP contribution is 2.27. The molecule has 6 nitrogen and oxygen atoms in total. The fourth-order valence-electron chi connectivity index (χ4n) is 2.61. The van der Waals surface area contributed by atoms with Crippen molar-refractivity contribution < 1.29 is 14.4 Å². The lowest BCUT2D eigenvalue weighted by Crippen LogP contribution is -2.38. The van der Waals surface area contributed by atoms with Crippen molar-refractivity contribution in [3.63, 3.8) is 0 Å². The van der Waals surface area contributed by atoms with Crippen LogP contribution in [-0.4, -0.2) is 35.3 Å². The van der Waals surface area contributed by atoms with Crippen molar-refractivity contribution in [2.45, 2.75) is 39.7 Å². The van der Waals surface area contributed by atoms with Crippen LogP contribution in [0.5, 0.6) is 0 Å². The monoisotopic (exact) mass is 337 g/mol. The molecule has 1 saturated heterocycles. The van der Waals surface area contributed by atoms with Crippen LogP contribution in [0, 0.1) is 13.8 Å². The first-order chi connectivity index (χ1) is 10.8. The highest BCUT2D eigenvalue weighted by molar-refractivity contribution is 6.34. The molecule has 1 unspecified atom stereocenters. The number of halogens is 1. The Hall–Kier alpha value is -2.08. The Morgan fingerprint density at radius 1 is 1.35 bits per heavy atom. The van der Waals surface area contributed by atoms with Gasteiger partial charge in [0, 0.05) is 0 Å². The second-order valence-corrected chi connectivity index (χ2v) is 6.11. The van der Waals surface area contributed by atoms with E-state index < -0.39 is 18.0 Å². The number of anilines is 1. The topological polar surface area (TPSA) is 78.5 Å². The molecule has 0 saturated carbocycles. The van der Waals surface area contributed by atoms with Crippen molar-refractivity contribution in [2.75, 3.05) is 11.9 Å². The van der Waals surface area contributed by atoms with Crippen LogP contribution < -0.4 is 10.6 Å². The van der Waals surface area contributed by atoms with Crippen molar-refractivity contribution in [2.24, 2.45) is 0 Å². The molecule has 1 aliphatic heterocycles. The van der Waals surface area contributed by atoms with Gasteiger partial charge in [-0.1, -0.05) is 31.0 Å². The maximum Gasteiger partial charge on any atom is 0.325 e. The van der Waals surface area contributed by atoms with Crippen LogP contribution in [0.3, 0.4) is 0 Å². The third-order valence-electron chi connectivity index (χ3n) is 3.68. The summed E-state index contributed by atoms with van der Waals surface area (Å²) in [6.45, 7) is 5.34. The molecule has 0 spiro atoms. The van der Waals surface area contributed by atoms with Crippen LogP contribution in [0.2, 0.25) is 5.02 Å². The highest BCUT2D eigenvalue weighted by atomic mass is 35.5. The van der Waals surface area contributed by atoms with E-state index in [2.05, 4.69) is 10.6 Å². The molecule has 1 fully saturated rings. The predicted octanol–water partition coefficient (Wildman–Crippen LogP) is 2.62. The van der Waals surface area contributed by atoms with E-state index in [9.17, 15) is 14.4 Å². The average molecular weight is 338 g/mol. The summed E-state index contributed by atoms with van der Waals surface area (Å²) in [6, 6.07) is 2.57. The number of hydrogen-bond donors (Lipinski definition) is 2. The second-order valence-electron chi connectivity index (χ2n) is 5.70. The zero-order chi connectivity index (χ0) is 17.1. The van der Waals surface area contributed by atoms with Crippen LogP contribution in [-0.2, 0) is 9.59 Å². The Kier molecular flexibility index (Phi) is 5.26. The fourth-order valence-corrected chi connectivity index (χ4v) is 2.98. The molecule has 124 valence electrons. The number of aryl methyl sites for hydroxylation is 2. The average Bonchev–Trinajstić information content (AvgIpc) is 2.71. The van der Waals surface area contributed by atoms with Crippen molar-refractivity contribution in [3.05, 3.63) is 28.3 Å². The minimum absolute atomic E-state index is 0.325. The standard InChI is InChI=1S/C16H20ClN3O3/c1-4-5-12-15(22)20(16(23)18-12)8-13(21)19-14-10(3)6-9(2)7-11(14)17/h6-7,12H,4-5,8H2,1-3H3,(H,18,23)(H,19,21). The molecule has 2 N–H and O–H groups in total. The Balaban J connectivity index is 2.06. The van der Waals surface area contributed by atoms with Gasteiger partial charge in [-0.05, 0) is 37.5 Å². The minimum Gasteiger partial charge on any atom is -0.326 e. The molecular weight excluding hydrogens is 318 g/mol. The first-order valence-corrected chi connectivity index (χ1v) is 7.89. The van der Waals surface area contributed by atoms with E-state index in [0.29, 0.717) is 17.1 Å². The van der Waals surface area contributed by atoms with E-state index >= 15 is 0 Å². The number of rotatable bonds is 5. The summed E-state index contributed by atoms with van der Waals surface area (Å²) in [4.78, 5) is 37.0. The van der Waals surface area contributed by atoms with Crippen molar-refractivity contribution in [1.82, 2.24) is 10.2 Å². The second kappa shape index (κ2) is 7.00. The molecule has 1 aromatic carbocycles. The Labute approximate surface area is 140 Å². The minimum atomic E-state index is -0.537. The summed E-state index contributed by atoms with van der Waals surface area (Å²) in [5.41, 5.74) is 2.31. The normalized spacial score (nSPS) is 17.4. The smallest absolute Gasteiger partial charge is 0.325 e. The SMILES string of the molecule is CCCC1NC(=O)N(CC(=O)Nc2c(C)cc(C)cc2Cl)C1=O. The molecule has 4 amide bonds. The zero-order valence-electron chi connectivity index (χ0n) is 13.4. The maximum atomic E-state index is 12.2. The number of amides is 4. The third-order valence-corrected chi connectivity index (χ3v) is 3.98. The van der Waals surface area contributed by atoms with Crippen molar-refractivity contribution in [1.29, 1.82) is 0 Å². The van der Waals surface area contributed by atoms with Crippen molar-refractivity contribution in [3.8, 4) is 0 Å². The number of imide groups is 1. The first kappa shape index (κ1) is 17.3. The molecule has 7 heteroatoms. The van der Waals surface area contributed by atoms with Gasteiger partial charge in [-0.25, -0.2) is 4.79 Å². The summed E-state index contributed by atoms with van der Waals surface area (Å²) in [7, 11) is 0. The van der Waals surface area contributed by atoms with Gasteiger partial charge in [-0.2, -0.15) is 0 Å². The highest BCUT2D eigenvalue weighted by Gasteiger charge is 2.38. The van der Waals surface area contributed by atoms with Gasteiger partial charge in [0.05, 0.1) is 10.7 Å². The largest absolute Gasteiger partial charge is 0.326 e. The number of nitrogens with one attached hydrogen (secondary N) is 2. The molecule has 1 atom stereocenters. The van der Waals surface area contributed by atoms with Crippen molar-refractivity contribution >= 4 is 35.1 Å². The van der Waals surface area contributed by atoms with E-state index in [1.165, 1.54) is 0 Å². The van der Waals surface area contributed by atoms with Gasteiger partial charge in [-0.15, -0.1) is 0 Å². The summed E-state index contributed by atoms with van der Waals surface area (Å²) >= 11 is 6.14. The van der Waals surface area contributed by atoms with Gasteiger partial charge in [0.15, 0.2) is 0 Å². The van der Waals surface area contributed by atoms with Gasteiger partial charge < -0.3 is 10.6 Å². The summed E-state index contributed by atoms with van der Waals surface area (Å²) in [5.74, 6) is -0.821. The summed E-state index contributed by atoms with van der Waals surface area (Å²) in [6.07, 6.45) is 1.33. The summed E-state index contributed by atoms with van der Waals surface area (Å²) < 4.78 is 0.